The molecule has 0 saturated heterocycles. The van der Waals surface area contributed by atoms with Crippen molar-refractivity contribution in [2.75, 3.05) is 6.54 Å². The van der Waals surface area contributed by atoms with E-state index in [1.165, 1.54) is 16.7 Å². The molecule has 0 aliphatic carbocycles. The SMILES string of the molecule is C=C(CCN)c1c(C)cccc1C. The van der Waals surface area contributed by atoms with E-state index in [0.717, 1.165) is 12.0 Å². The highest BCUT2D eigenvalue weighted by Gasteiger charge is 2.04. The highest BCUT2D eigenvalue weighted by molar-refractivity contribution is 5.68. The van der Waals surface area contributed by atoms with E-state index in [9.17, 15) is 0 Å². The zero-order valence-electron chi connectivity index (χ0n) is 8.43. The first-order chi connectivity index (χ1) is 6.16. The second kappa shape index (κ2) is 4.24. The summed E-state index contributed by atoms with van der Waals surface area (Å²) in [5.41, 5.74) is 10.5. The van der Waals surface area contributed by atoms with E-state index in [2.05, 4.69) is 38.6 Å². The zero-order valence-corrected chi connectivity index (χ0v) is 8.43. The summed E-state index contributed by atoms with van der Waals surface area (Å²) in [6.07, 6.45) is 0.881. The minimum atomic E-state index is 0.673. The van der Waals surface area contributed by atoms with Gasteiger partial charge >= 0.3 is 0 Å². The van der Waals surface area contributed by atoms with Gasteiger partial charge in [0.1, 0.15) is 0 Å². The van der Waals surface area contributed by atoms with Crippen LogP contribution in [0, 0.1) is 13.8 Å². The van der Waals surface area contributed by atoms with Gasteiger partial charge in [-0.1, -0.05) is 24.8 Å². The molecule has 1 rings (SSSR count). The molecule has 0 radical (unpaired) electrons. The lowest BCUT2D eigenvalue weighted by Crippen LogP contribution is -2.01. The number of benzene rings is 1. The normalized spacial score (nSPS) is 10.1. The van der Waals surface area contributed by atoms with Crippen LogP contribution in [-0.2, 0) is 0 Å². The molecule has 0 fully saturated rings. The van der Waals surface area contributed by atoms with E-state index in [0.29, 0.717) is 6.54 Å². The summed E-state index contributed by atoms with van der Waals surface area (Å²) in [5, 5.41) is 0. The highest BCUT2D eigenvalue weighted by Crippen LogP contribution is 2.23. The summed E-state index contributed by atoms with van der Waals surface area (Å²) in [6, 6.07) is 6.30. The predicted molar refractivity (Wildman–Crippen MR) is 58.6 cm³/mol. The van der Waals surface area contributed by atoms with Gasteiger partial charge in [0.25, 0.3) is 0 Å². The van der Waals surface area contributed by atoms with Crippen LogP contribution in [0.15, 0.2) is 24.8 Å². The number of rotatable bonds is 3. The van der Waals surface area contributed by atoms with Crippen molar-refractivity contribution in [3.05, 3.63) is 41.5 Å². The van der Waals surface area contributed by atoms with Crippen LogP contribution in [-0.4, -0.2) is 6.54 Å². The van der Waals surface area contributed by atoms with Crippen molar-refractivity contribution in [1.29, 1.82) is 0 Å². The third-order valence-corrected chi connectivity index (χ3v) is 2.28. The summed E-state index contributed by atoms with van der Waals surface area (Å²) in [5.74, 6) is 0. The molecule has 0 aromatic heterocycles. The Labute approximate surface area is 80.3 Å². The molecule has 0 amide bonds. The van der Waals surface area contributed by atoms with E-state index >= 15 is 0 Å². The van der Waals surface area contributed by atoms with Crippen molar-refractivity contribution < 1.29 is 0 Å². The van der Waals surface area contributed by atoms with Crippen LogP contribution in [0.4, 0.5) is 0 Å². The molecule has 0 atom stereocenters. The number of hydrogen-bond acceptors (Lipinski definition) is 1. The Morgan fingerprint density at radius 1 is 1.31 bits per heavy atom. The number of hydrogen-bond donors (Lipinski definition) is 1. The Morgan fingerprint density at radius 2 is 1.85 bits per heavy atom. The summed E-state index contributed by atoms with van der Waals surface area (Å²) in [7, 11) is 0. The second-order valence-electron chi connectivity index (χ2n) is 3.41. The van der Waals surface area contributed by atoms with Gasteiger partial charge in [-0.25, -0.2) is 0 Å². The lowest BCUT2D eigenvalue weighted by molar-refractivity contribution is 1.02. The van der Waals surface area contributed by atoms with Crippen LogP contribution in [0.25, 0.3) is 5.57 Å². The van der Waals surface area contributed by atoms with Gasteiger partial charge in [-0.2, -0.15) is 0 Å². The number of aryl methyl sites for hydroxylation is 2. The van der Waals surface area contributed by atoms with Gasteiger partial charge in [0, 0.05) is 0 Å². The molecule has 0 saturated carbocycles. The van der Waals surface area contributed by atoms with Gasteiger partial charge in [-0.3, -0.25) is 0 Å². The van der Waals surface area contributed by atoms with E-state index in [1.54, 1.807) is 0 Å². The van der Waals surface area contributed by atoms with Gasteiger partial charge in [0.15, 0.2) is 0 Å². The largest absolute Gasteiger partial charge is 0.330 e. The van der Waals surface area contributed by atoms with Crippen LogP contribution < -0.4 is 5.73 Å². The fourth-order valence-electron chi connectivity index (χ4n) is 1.67. The Hall–Kier alpha value is -1.08. The van der Waals surface area contributed by atoms with E-state index < -0.39 is 0 Å². The van der Waals surface area contributed by atoms with E-state index in [4.69, 9.17) is 5.73 Å². The first kappa shape index (κ1) is 10.0. The molecule has 0 unspecified atom stereocenters. The maximum Gasteiger partial charge on any atom is -0.00367 e. The van der Waals surface area contributed by atoms with Crippen molar-refractivity contribution in [3.8, 4) is 0 Å². The summed E-state index contributed by atoms with van der Waals surface area (Å²) >= 11 is 0. The Kier molecular flexibility index (Phi) is 3.26. The van der Waals surface area contributed by atoms with Crippen molar-refractivity contribution in [2.45, 2.75) is 20.3 Å². The topological polar surface area (TPSA) is 26.0 Å². The fraction of sp³-hybridized carbons (Fsp3) is 0.333. The maximum absolute atomic E-state index is 5.51. The molecule has 1 nitrogen and oxygen atoms in total. The molecule has 0 heterocycles. The average molecular weight is 175 g/mol. The van der Waals surface area contributed by atoms with E-state index in [-0.39, 0.29) is 0 Å². The minimum absolute atomic E-state index is 0.673. The van der Waals surface area contributed by atoms with Gasteiger partial charge in [0.2, 0.25) is 0 Å². The van der Waals surface area contributed by atoms with Crippen molar-refractivity contribution in [2.24, 2.45) is 5.73 Å². The molecule has 70 valence electrons. The predicted octanol–water partition coefficient (Wildman–Crippen LogP) is 2.67. The highest BCUT2D eigenvalue weighted by atomic mass is 14.5. The molecule has 0 aliphatic rings. The van der Waals surface area contributed by atoms with Gasteiger partial charge < -0.3 is 5.73 Å². The third kappa shape index (κ3) is 2.19. The number of nitrogens with two attached hydrogens (primary N) is 1. The lowest BCUT2D eigenvalue weighted by Gasteiger charge is -2.11. The van der Waals surface area contributed by atoms with Crippen molar-refractivity contribution >= 4 is 5.57 Å². The van der Waals surface area contributed by atoms with Crippen molar-refractivity contribution in [1.82, 2.24) is 0 Å². The van der Waals surface area contributed by atoms with Crippen LogP contribution >= 0.6 is 0 Å². The van der Waals surface area contributed by atoms with Gasteiger partial charge in [-0.15, -0.1) is 0 Å². The maximum atomic E-state index is 5.51. The molecule has 0 spiro atoms. The molecule has 0 bridgehead atoms. The summed E-state index contributed by atoms with van der Waals surface area (Å²) < 4.78 is 0. The molecule has 0 aliphatic heterocycles. The average Bonchev–Trinajstić information content (AvgIpc) is 2.04. The van der Waals surface area contributed by atoms with Crippen molar-refractivity contribution in [3.63, 3.8) is 0 Å². The van der Waals surface area contributed by atoms with Crippen LogP contribution in [0.1, 0.15) is 23.1 Å². The van der Waals surface area contributed by atoms with Crippen LogP contribution in [0.2, 0.25) is 0 Å². The quantitative estimate of drug-likeness (QED) is 0.751. The molecular formula is C12H17N. The lowest BCUT2D eigenvalue weighted by atomic mass is 9.95. The molecule has 2 N–H and O–H groups in total. The monoisotopic (exact) mass is 175 g/mol. The van der Waals surface area contributed by atoms with Gasteiger partial charge in [-0.05, 0) is 49.1 Å². The molecular weight excluding hydrogens is 158 g/mol. The minimum Gasteiger partial charge on any atom is -0.330 e. The summed E-state index contributed by atoms with van der Waals surface area (Å²) in [6.45, 7) is 8.96. The third-order valence-electron chi connectivity index (χ3n) is 2.28. The first-order valence-corrected chi connectivity index (χ1v) is 4.61. The zero-order chi connectivity index (χ0) is 9.84. The molecule has 13 heavy (non-hydrogen) atoms. The van der Waals surface area contributed by atoms with Gasteiger partial charge in [0.05, 0.1) is 0 Å². The fourth-order valence-corrected chi connectivity index (χ4v) is 1.67. The smallest absolute Gasteiger partial charge is 0.00367 e. The Balaban J connectivity index is 3.05. The first-order valence-electron chi connectivity index (χ1n) is 4.61. The Morgan fingerprint density at radius 3 is 2.31 bits per heavy atom. The summed E-state index contributed by atoms with van der Waals surface area (Å²) in [4.78, 5) is 0. The van der Waals surface area contributed by atoms with Crippen LogP contribution in [0.5, 0.6) is 0 Å². The standard InChI is InChI=1S/C12H17N/c1-9-5-4-6-10(2)12(9)11(3)7-8-13/h4-6H,3,7-8,13H2,1-2H3. The second-order valence-corrected chi connectivity index (χ2v) is 3.41. The molecule has 1 heteroatoms. The Bertz CT molecular complexity index is 293. The van der Waals surface area contributed by atoms with Crippen LogP contribution in [0.3, 0.4) is 0 Å². The van der Waals surface area contributed by atoms with E-state index in [1.807, 2.05) is 0 Å². The molecule has 1 aromatic carbocycles. The molecule has 1 aromatic rings.